The highest BCUT2D eigenvalue weighted by atomic mass is 35.5. The lowest BCUT2D eigenvalue weighted by Crippen LogP contribution is -2.40. The van der Waals surface area contributed by atoms with Crippen LogP contribution in [0.2, 0.25) is 0 Å². The van der Waals surface area contributed by atoms with E-state index >= 15 is 0 Å². The first-order valence-electron chi connectivity index (χ1n) is 8.01. The summed E-state index contributed by atoms with van der Waals surface area (Å²) in [6, 6.07) is 0.204. The Kier molecular flexibility index (Phi) is 7.29. The molecule has 0 unspecified atom stereocenters. The van der Waals surface area contributed by atoms with E-state index in [1.165, 1.54) is 0 Å². The average Bonchev–Trinajstić information content (AvgIpc) is 3.04. The highest BCUT2D eigenvalue weighted by Gasteiger charge is 2.30. The maximum absolute atomic E-state index is 12.5. The second-order valence-electron chi connectivity index (χ2n) is 6.66. The summed E-state index contributed by atoms with van der Waals surface area (Å²) in [7, 11) is 0. The Labute approximate surface area is 150 Å². The van der Waals surface area contributed by atoms with E-state index in [-0.39, 0.29) is 36.8 Å². The topological polar surface area (TPSA) is 77.0 Å². The Balaban J connectivity index is 0.00000132. The number of carbonyl (C=O) groups excluding carboxylic acids is 1. The Morgan fingerprint density at radius 1 is 1.26 bits per heavy atom. The third-order valence-electron chi connectivity index (χ3n) is 4.81. The van der Waals surface area contributed by atoms with Crippen molar-refractivity contribution in [1.29, 1.82) is 0 Å². The van der Waals surface area contributed by atoms with Gasteiger partial charge < -0.3 is 15.2 Å². The summed E-state index contributed by atoms with van der Waals surface area (Å²) in [6.07, 6.45) is 3.90. The Hall–Kier alpha value is -0.850. The van der Waals surface area contributed by atoms with Crippen LogP contribution in [0.1, 0.15) is 57.1 Å². The lowest BCUT2D eigenvalue weighted by Gasteiger charge is -2.29. The number of halogens is 2. The van der Waals surface area contributed by atoms with Crippen molar-refractivity contribution >= 4 is 30.7 Å². The molecule has 0 saturated heterocycles. The van der Waals surface area contributed by atoms with E-state index in [2.05, 4.69) is 28.6 Å². The van der Waals surface area contributed by atoms with E-state index in [1.807, 2.05) is 4.90 Å². The van der Waals surface area contributed by atoms with Gasteiger partial charge in [-0.1, -0.05) is 20.3 Å². The fourth-order valence-electron chi connectivity index (χ4n) is 3.49. The van der Waals surface area contributed by atoms with Crippen molar-refractivity contribution in [2.24, 2.45) is 11.7 Å². The van der Waals surface area contributed by atoms with Crippen molar-refractivity contribution < 1.29 is 4.79 Å². The molecule has 1 saturated carbocycles. The number of carbonyl (C=O) groups is 1. The molecule has 0 bridgehead atoms. The van der Waals surface area contributed by atoms with Crippen LogP contribution in [0.15, 0.2) is 0 Å². The highest BCUT2D eigenvalue weighted by Crippen LogP contribution is 2.28. The van der Waals surface area contributed by atoms with Crippen molar-refractivity contribution in [3.05, 3.63) is 11.6 Å². The first-order valence-corrected chi connectivity index (χ1v) is 8.01. The quantitative estimate of drug-likeness (QED) is 0.891. The van der Waals surface area contributed by atoms with E-state index in [0.29, 0.717) is 24.8 Å². The van der Waals surface area contributed by atoms with Crippen molar-refractivity contribution in [2.45, 2.75) is 64.6 Å². The molecule has 8 heteroatoms. The highest BCUT2D eigenvalue weighted by molar-refractivity contribution is 5.85. The molecule has 1 aromatic rings. The number of fused-ring (bicyclic) bond motifs is 1. The fourth-order valence-corrected chi connectivity index (χ4v) is 3.49. The lowest BCUT2D eigenvalue weighted by atomic mass is 9.99. The molecule has 2 aliphatic rings. The molecule has 1 amide bonds. The molecule has 6 nitrogen and oxygen atoms in total. The van der Waals surface area contributed by atoms with Gasteiger partial charge in [0.1, 0.15) is 5.82 Å². The molecule has 1 fully saturated rings. The summed E-state index contributed by atoms with van der Waals surface area (Å²) in [6.45, 7) is 6.39. The molecule has 2 atom stereocenters. The van der Waals surface area contributed by atoms with Gasteiger partial charge in [-0.05, 0) is 18.8 Å². The molecular weight excluding hydrogens is 337 g/mol. The second kappa shape index (κ2) is 8.31. The zero-order valence-electron chi connectivity index (χ0n) is 13.8. The van der Waals surface area contributed by atoms with Gasteiger partial charge in [0.25, 0.3) is 0 Å². The van der Waals surface area contributed by atoms with Crippen molar-refractivity contribution in [1.82, 2.24) is 19.7 Å². The zero-order valence-corrected chi connectivity index (χ0v) is 15.4. The molecular formula is C15H27Cl2N5O. The molecule has 23 heavy (non-hydrogen) atoms. The van der Waals surface area contributed by atoms with Crippen LogP contribution in [0, 0.1) is 5.92 Å². The third kappa shape index (κ3) is 4.17. The zero-order chi connectivity index (χ0) is 15.0. The second-order valence-corrected chi connectivity index (χ2v) is 6.66. The summed E-state index contributed by atoms with van der Waals surface area (Å²) in [5, 5.41) is 8.51. The number of nitrogens with zero attached hydrogens (tertiary/aromatic N) is 4. The first kappa shape index (κ1) is 20.2. The van der Waals surface area contributed by atoms with Gasteiger partial charge in [-0.15, -0.1) is 35.0 Å². The smallest absolute Gasteiger partial charge is 0.223 e. The van der Waals surface area contributed by atoms with Gasteiger partial charge in [0.15, 0.2) is 5.82 Å². The number of hydrogen-bond donors (Lipinski definition) is 1. The van der Waals surface area contributed by atoms with Crippen LogP contribution in [0.4, 0.5) is 0 Å². The number of amides is 1. The summed E-state index contributed by atoms with van der Waals surface area (Å²) in [5.41, 5.74) is 6.07. The van der Waals surface area contributed by atoms with Crippen LogP contribution in [-0.2, 0) is 17.9 Å². The average molecular weight is 364 g/mol. The van der Waals surface area contributed by atoms with Gasteiger partial charge in [-0.25, -0.2) is 0 Å². The van der Waals surface area contributed by atoms with Gasteiger partial charge in [0, 0.05) is 31.5 Å². The molecule has 0 spiro atoms. The van der Waals surface area contributed by atoms with Crippen LogP contribution in [0.5, 0.6) is 0 Å². The van der Waals surface area contributed by atoms with Crippen molar-refractivity contribution in [2.75, 3.05) is 6.54 Å². The molecule has 132 valence electrons. The van der Waals surface area contributed by atoms with E-state index in [9.17, 15) is 4.79 Å². The Bertz CT molecular complexity index is 534. The standard InChI is InChI=1S/C15H25N5O.2ClH/c1-10(2)15-18-17-13-9-19(6-7-20(13)15)14(21)8-11-4-3-5-12(11)16;;/h10-12H,3-9,16H2,1-2H3;2*1H/t11-,12+;;/m0../s1. The lowest BCUT2D eigenvalue weighted by molar-refractivity contribution is -0.133. The minimum absolute atomic E-state index is 0. The van der Waals surface area contributed by atoms with Gasteiger partial charge in [-0.2, -0.15) is 0 Å². The fraction of sp³-hybridized carbons (Fsp3) is 0.800. The first-order chi connectivity index (χ1) is 10.1. The molecule has 2 heterocycles. The van der Waals surface area contributed by atoms with E-state index < -0.39 is 0 Å². The molecule has 1 aliphatic carbocycles. The van der Waals surface area contributed by atoms with Crippen LogP contribution in [0.3, 0.4) is 0 Å². The third-order valence-corrected chi connectivity index (χ3v) is 4.81. The largest absolute Gasteiger partial charge is 0.333 e. The monoisotopic (exact) mass is 363 g/mol. The molecule has 0 radical (unpaired) electrons. The minimum atomic E-state index is 0. The van der Waals surface area contributed by atoms with Crippen LogP contribution >= 0.6 is 24.8 Å². The van der Waals surface area contributed by atoms with Crippen LogP contribution in [-0.4, -0.2) is 38.2 Å². The number of aromatic nitrogens is 3. The minimum Gasteiger partial charge on any atom is -0.333 e. The summed E-state index contributed by atoms with van der Waals surface area (Å²) in [5.74, 6) is 2.88. The van der Waals surface area contributed by atoms with Gasteiger partial charge in [0.05, 0.1) is 6.54 Å². The number of rotatable bonds is 3. The summed E-state index contributed by atoms with van der Waals surface area (Å²) >= 11 is 0. The van der Waals surface area contributed by atoms with Gasteiger partial charge >= 0.3 is 0 Å². The summed E-state index contributed by atoms with van der Waals surface area (Å²) < 4.78 is 2.16. The van der Waals surface area contributed by atoms with E-state index in [0.717, 1.165) is 44.0 Å². The van der Waals surface area contributed by atoms with Crippen molar-refractivity contribution in [3.8, 4) is 0 Å². The Morgan fingerprint density at radius 3 is 2.61 bits per heavy atom. The molecule has 1 aromatic heterocycles. The predicted octanol–water partition coefficient (Wildman–Crippen LogP) is 2.10. The van der Waals surface area contributed by atoms with Gasteiger partial charge in [-0.3, -0.25) is 4.79 Å². The summed E-state index contributed by atoms with van der Waals surface area (Å²) in [4.78, 5) is 14.4. The molecule has 0 aromatic carbocycles. The van der Waals surface area contributed by atoms with Crippen LogP contribution < -0.4 is 5.73 Å². The SMILES string of the molecule is CC(C)c1nnc2n1CCN(C(=O)C[C@@H]1CCC[C@H]1N)C2.Cl.Cl. The molecule has 1 aliphatic heterocycles. The predicted molar refractivity (Wildman–Crippen MR) is 94.0 cm³/mol. The van der Waals surface area contributed by atoms with E-state index in [1.54, 1.807) is 0 Å². The maximum Gasteiger partial charge on any atom is 0.223 e. The number of hydrogen-bond acceptors (Lipinski definition) is 4. The van der Waals surface area contributed by atoms with Crippen LogP contribution in [0.25, 0.3) is 0 Å². The maximum atomic E-state index is 12.5. The molecule has 3 rings (SSSR count). The normalized spacial score (nSPS) is 23.2. The van der Waals surface area contributed by atoms with E-state index in [4.69, 9.17) is 5.73 Å². The number of nitrogens with two attached hydrogens (primary N) is 1. The Morgan fingerprint density at radius 2 is 2.00 bits per heavy atom. The molecule has 2 N–H and O–H groups in total. The van der Waals surface area contributed by atoms with Crippen molar-refractivity contribution in [3.63, 3.8) is 0 Å². The van der Waals surface area contributed by atoms with Gasteiger partial charge in [0.2, 0.25) is 5.91 Å².